The molecule has 2 aliphatic rings. The lowest BCUT2D eigenvalue weighted by Gasteiger charge is -2.40. The Hall–Kier alpha value is -2.22. The number of nitrogens with zero attached hydrogens (tertiary/aromatic N) is 2. The van der Waals surface area contributed by atoms with Crippen LogP contribution in [0.25, 0.3) is 0 Å². The maximum atomic E-state index is 12.7. The molecule has 2 saturated heterocycles. The summed E-state index contributed by atoms with van der Waals surface area (Å²) >= 11 is 11.1. The second-order valence-corrected chi connectivity index (χ2v) is 8.94. The zero-order valence-corrected chi connectivity index (χ0v) is 19.3. The molecule has 2 N–H and O–H groups in total. The minimum atomic E-state index is -0.503. The molecule has 2 fully saturated rings. The molecular formula is C20H24ClN4O4PS. The summed E-state index contributed by atoms with van der Waals surface area (Å²) in [6, 6.07) is 6.19. The summed E-state index contributed by atoms with van der Waals surface area (Å²) in [5.41, 5.74) is 0.531. The predicted octanol–water partition coefficient (Wildman–Crippen LogP) is 3.93. The highest BCUT2D eigenvalue weighted by molar-refractivity contribution is 7.95. The molecule has 1 aromatic carbocycles. The Labute approximate surface area is 192 Å². The van der Waals surface area contributed by atoms with Crippen molar-refractivity contribution in [2.24, 2.45) is 0 Å². The quantitative estimate of drug-likeness (QED) is 0.454. The Bertz CT molecular complexity index is 859. The van der Waals surface area contributed by atoms with Crippen molar-refractivity contribution in [3.05, 3.63) is 41.9 Å². The Morgan fingerprint density at radius 1 is 1.32 bits per heavy atom. The molecule has 2 aliphatic heterocycles. The first-order valence-electron chi connectivity index (χ1n) is 9.94. The molecule has 2 heterocycles. The van der Waals surface area contributed by atoms with Crippen LogP contribution in [0, 0.1) is 0 Å². The molecule has 2 bridgehead atoms. The van der Waals surface area contributed by atoms with E-state index in [1.807, 2.05) is 0 Å². The Kier molecular flexibility index (Phi) is 8.23. The van der Waals surface area contributed by atoms with Crippen molar-refractivity contribution in [2.75, 3.05) is 18.5 Å². The third kappa shape index (κ3) is 5.93. The molecule has 1 aromatic rings. The van der Waals surface area contributed by atoms with Crippen LogP contribution in [0.3, 0.4) is 0 Å². The SMILES string of the molecule is C=CCOC(=O)N1[C@@H]2CC[C@H]1CC(N(P=S)C(=O)CNC(=O)Nc1cccc(Cl)c1)C2. The maximum absolute atomic E-state index is 12.7. The summed E-state index contributed by atoms with van der Waals surface area (Å²) in [6.07, 6.45) is 4.24. The van der Waals surface area contributed by atoms with Crippen molar-refractivity contribution in [3.8, 4) is 0 Å². The Morgan fingerprint density at radius 2 is 2.03 bits per heavy atom. The molecule has 3 rings (SSSR count). The van der Waals surface area contributed by atoms with E-state index in [1.165, 1.54) is 0 Å². The minimum Gasteiger partial charge on any atom is -0.445 e. The summed E-state index contributed by atoms with van der Waals surface area (Å²) in [5.74, 6) is -0.259. The van der Waals surface area contributed by atoms with E-state index in [0.29, 0.717) is 31.1 Å². The number of piperidine rings is 1. The maximum Gasteiger partial charge on any atom is 0.410 e. The van der Waals surface area contributed by atoms with Crippen molar-refractivity contribution < 1.29 is 19.1 Å². The van der Waals surface area contributed by atoms with Crippen LogP contribution in [0.2, 0.25) is 5.02 Å². The molecule has 0 saturated carbocycles. The van der Waals surface area contributed by atoms with E-state index in [9.17, 15) is 14.4 Å². The number of nitrogens with one attached hydrogen (secondary N) is 2. The van der Waals surface area contributed by atoms with Crippen molar-refractivity contribution in [1.82, 2.24) is 14.9 Å². The van der Waals surface area contributed by atoms with Gasteiger partial charge in [-0.15, -0.1) is 0 Å². The van der Waals surface area contributed by atoms with Gasteiger partial charge in [-0.2, -0.15) is 0 Å². The summed E-state index contributed by atoms with van der Waals surface area (Å²) < 4.78 is 6.80. The first-order valence-corrected chi connectivity index (χ1v) is 12.2. The zero-order valence-electron chi connectivity index (χ0n) is 16.8. The number of hydrogen-bond donors (Lipinski definition) is 2. The minimum absolute atomic E-state index is 0.0206. The number of anilines is 1. The van der Waals surface area contributed by atoms with E-state index < -0.39 is 6.03 Å². The van der Waals surface area contributed by atoms with Gasteiger partial charge in [-0.25, -0.2) is 9.59 Å². The number of ether oxygens (including phenoxy) is 1. The predicted molar refractivity (Wildman–Crippen MR) is 123 cm³/mol. The molecule has 0 radical (unpaired) electrons. The molecule has 0 aromatic heterocycles. The van der Waals surface area contributed by atoms with Crippen molar-refractivity contribution in [1.29, 1.82) is 0 Å². The number of carbonyl (C=O) groups is 3. The highest BCUT2D eigenvalue weighted by Crippen LogP contribution is 2.39. The van der Waals surface area contributed by atoms with Gasteiger partial charge in [0, 0.05) is 28.8 Å². The first-order chi connectivity index (χ1) is 14.9. The lowest BCUT2D eigenvalue weighted by atomic mass is 9.97. The number of hydrogen-bond acceptors (Lipinski definition) is 5. The number of fused-ring (bicyclic) bond motifs is 2. The Balaban J connectivity index is 1.53. The highest BCUT2D eigenvalue weighted by Gasteiger charge is 2.46. The third-order valence-electron chi connectivity index (χ3n) is 5.42. The van der Waals surface area contributed by atoms with Crippen molar-refractivity contribution >= 4 is 54.6 Å². The average Bonchev–Trinajstić information content (AvgIpc) is 3.01. The van der Waals surface area contributed by atoms with Gasteiger partial charge in [0.25, 0.3) is 0 Å². The third-order valence-corrected chi connectivity index (χ3v) is 6.90. The normalized spacial score (nSPS) is 22.0. The fourth-order valence-electron chi connectivity index (χ4n) is 4.15. The van der Waals surface area contributed by atoms with Gasteiger partial charge in [-0.05, 0) is 55.7 Å². The summed E-state index contributed by atoms with van der Waals surface area (Å²) in [5, 5.41) is 5.70. The molecule has 1 unspecified atom stereocenters. The van der Waals surface area contributed by atoms with E-state index in [2.05, 4.69) is 17.2 Å². The van der Waals surface area contributed by atoms with Crippen molar-refractivity contribution in [3.63, 3.8) is 0 Å². The van der Waals surface area contributed by atoms with E-state index >= 15 is 0 Å². The number of rotatable bonds is 7. The molecule has 0 aliphatic carbocycles. The highest BCUT2D eigenvalue weighted by atomic mass is 35.5. The fourth-order valence-corrected chi connectivity index (χ4v) is 5.49. The van der Waals surface area contributed by atoms with Crippen LogP contribution in [0.4, 0.5) is 15.3 Å². The molecule has 4 amide bonds. The summed E-state index contributed by atoms with van der Waals surface area (Å²) in [7, 11) is 0.393. The van der Waals surface area contributed by atoms with Crippen LogP contribution >= 0.6 is 19.1 Å². The second kappa shape index (κ2) is 10.9. The number of halogens is 1. The fraction of sp³-hybridized carbons (Fsp3) is 0.450. The first kappa shape index (κ1) is 23.4. The van der Waals surface area contributed by atoms with Gasteiger partial charge in [0.2, 0.25) is 5.91 Å². The molecular weight excluding hydrogens is 459 g/mol. The second-order valence-electron chi connectivity index (χ2n) is 7.42. The molecule has 11 heteroatoms. The van der Waals surface area contributed by atoms with E-state index in [0.717, 1.165) is 12.8 Å². The van der Waals surface area contributed by atoms with Gasteiger partial charge in [-0.1, -0.05) is 30.3 Å². The number of amides is 4. The zero-order chi connectivity index (χ0) is 22.4. The smallest absolute Gasteiger partial charge is 0.410 e. The number of urea groups is 1. The van der Waals surface area contributed by atoms with Crippen LogP contribution in [-0.2, 0) is 21.3 Å². The summed E-state index contributed by atoms with van der Waals surface area (Å²) in [6.45, 7) is 3.56. The van der Waals surface area contributed by atoms with Gasteiger partial charge in [0.05, 0.1) is 14.1 Å². The average molecular weight is 483 g/mol. The van der Waals surface area contributed by atoms with E-state index in [-0.39, 0.29) is 43.3 Å². The summed E-state index contributed by atoms with van der Waals surface area (Å²) in [4.78, 5) is 39.0. The number of benzene rings is 1. The lowest BCUT2D eigenvalue weighted by molar-refractivity contribution is -0.127. The molecule has 166 valence electrons. The molecule has 3 atom stereocenters. The van der Waals surface area contributed by atoms with Crippen LogP contribution in [0.5, 0.6) is 0 Å². The van der Waals surface area contributed by atoms with E-state index in [4.69, 9.17) is 28.1 Å². The monoisotopic (exact) mass is 482 g/mol. The van der Waals surface area contributed by atoms with Gasteiger partial charge in [0.15, 0.2) is 0 Å². The number of carbonyl (C=O) groups excluding carboxylic acids is 3. The topological polar surface area (TPSA) is 91.0 Å². The lowest BCUT2D eigenvalue weighted by Crippen LogP contribution is -2.52. The van der Waals surface area contributed by atoms with Crippen LogP contribution in [0.15, 0.2) is 36.9 Å². The van der Waals surface area contributed by atoms with Gasteiger partial charge < -0.3 is 20.3 Å². The standard InChI is InChI=1S/C20H24ClN4O4PS/c1-2-8-29-20(28)24-15-6-7-16(24)11-17(10-15)25(30-31)18(26)12-22-19(27)23-14-5-3-4-13(21)9-14/h2-5,9,15-17H,1,6-8,10-12H2,(H2,22,23,27)/t15-,16+,17?. The van der Waals surface area contributed by atoms with Gasteiger partial charge in [-0.3, -0.25) is 9.46 Å². The van der Waals surface area contributed by atoms with Gasteiger partial charge >= 0.3 is 12.1 Å². The molecule has 31 heavy (non-hydrogen) atoms. The van der Waals surface area contributed by atoms with Crippen LogP contribution in [-0.4, -0.2) is 58.9 Å². The molecule has 8 nitrogen and oxygen atoms in total. The Morgan fingerprint density at radius 3 is 2.65 bits per heavy atom. The van der Waals surface area contributed by atoms with E-state index in [1.54, 1.807) is 39.9 Å². The largest absolute Gasteiger partial charge is 0.445 e. The molecule has 0 spiro atoms. The van der Waals surface area contributed by atoms with Gasteiger partial charge in [0.1, 0.15) is 6.61 Å². The van der Waals surface area contributed by atoms with Crippen molar-refractivity contribution in [2.45, 2.75) is 43.8 Å². The van der Waals surface area contributed by atoms with Crippen LogP contribution < -0.4 is 10.6 Å². The van der Waals surface area contributed by atoms with Crippen LogP contribution in [0.1, 0.15) is 25.7 Å².